The molecule has 1 aliphatic rings. The third-order valence-corrected chi connectivity index (χ3v) is 7.31. The molecule has 3 heteroatoms. The van der Waals surface area contributed by atoms with Crippen LogP contribution >= 0.6 is 0 Å². The number of rotatable bonds is 4. The highest BCUT2D eigenvalue weighted by Crippen LogP contribution is 2.40. The Hall–Kier alpha value is -5.28. The zero-order valence-corrected chi connectivity index (χ0v) is 29.7. The Morgan fingerprint density at radius 1 is 0.646 bits per heavy atom. The first kappa shape index (κ1) is 38.9. The van der Waals surface area contributed by atoms with Crippen LogP contribution in [0.1, 0.15) is 62.8 Å². The summed E-state index contributed by atoms with van der Waals surface area (Å²) in [5.74, 6) is 0. The SMILES string of the molecule is C=N.C=NCc1cccc2c1oc1c(C3=CC=CCC3)cc(-c3ccccc3)cc12.CC.CC.Cc1ccccc1.Cc1ccccc1. The minimum atomic E-state index is 0.559. The monoisotopic (exact) mass is 636 g/mol. The van der Waals surface area contributed by atoms with Crippen LogP contribution in [-0.4, -0.2) is 13.4 Å². The molecule has 1 heterocycles. The molecular weight excluding hydrogens is 585 g/mol. The van der Waals surface area contributed by atoms with Crippen molar-refractivity contribution >= 4 is 40.9 Å². The third-order valence-electron chi connectivity index (χ3n) is 7.31. The van der Waals surface area contributed by atoms with E-state index in [4.69, 9.17) is 9.83 Å². The quantitative estimate of drug-likeness (QED) is 0.192. The number of aryl methyl sites for hydroxylation is 2. The highest BCUT2D eigenvalue weighted by molar-refractivity contribution is 6.10. The van der Waals surface area contributed by atoms with Gasteiger partial charge in [-0.05, 0) is 69.0 Å². The van der Waals surface area contributed by atoms with Crippen LogP contribution in [0.15, 0.2) is 149 Å². The molecule has 0 spiro atoms. The van der Waals surface area contributed by atoms with Crippen LogP contribution in [0.25, 0.3) is 38.6 Å². The lowest BCUT2D eigenvalue weighted by atomic mass is 9.92. The maximum absolute atomic E-state index is 6.46. The van der Waals surface area contributed by atoms with Gasteiger partial charge in [-0.3, -0.25) is 4.99 Å². The lowest BCUT2D eigenvalue weighted by molar-refractivity contribution is 0.661. The van der Waals surface area contributed by atoms with E-state index >= 15 is 0 Å². The van der Waals surface area contributed by atoms with E-state index in [2.05, 4.69) is 135 Å². The Labute approximate surface area is 288 Å². The van der Waals surface area contributed by atoms with Gasteiger partial charge >= 0.3 is 0 Å². The minimum absolute atomic E-state index is 0.559. The fraction of sp³-hybridized carbons (Fsp3) is 0.200. The summed E-state index contributed by atoms with van der Waals surface area (Å²) in [6.45, 7) is 18.9. The number of nitrogens with one attached hydrogen (secondary N) is 1. The lowest BCUT2D eigenvalue weighted by Crippen LogP contribution is -1.90. The van der Waals surface area contributed by atoms with Gasteiger partial charge in [0.1, 0.15) is 11.2 Å². The van der Waals surface area contributed by atoms with Crippen molar-refractivity contribution in [3.63, 3.8) is 0 Å². The van der Waals surface area contributed by atoms with Gasteiger partial charge in [-0.1, -0.05) is 166 Å². The van der Waals surface area contributed by atoms with Crippen LogP contribution in [0.2, 0.25) is 0 Å². The molecule has 0 amide bonds. The molecule has 5 aromatic carbocycles. The van der Waals surface area contributed by atoms with Crippen LogP contribution in [0, 0.1) is 19.3 Å². The van der Waals surface area contributed by atoms with E-state index in [0.29, 0.717) is 6.54 Å². The first-order chi connectivity index (χ1) is 23.6. The predicted molar refractivity (Wildman–Crippen MR) is 214 cm³/mol. The van der Waals surface area contributed by atoms with Gasteiger partial charge < -0.3 is 9.83 Å². The molecule has 248 valence electrons. The molecule has 1 aliphatic carbocycles. The van der Waals surface area contributed by atoms with Crippen molar-refractivity contribution in [1.82, 2.24) is 0 Å². The molecule has 0 unspecified atom stereocenters. The molecule has 0 aliphatic heterocycles. The van der Waals surface area contributed by atoms with E-state index < -0.39 is 0 Å². The summed E-state index contributed by atoms with van der Waals surface area (Å²) in [7, 11) is 0. The van der Waals surface area contributed by atoms with Gasteiger partial charge in [-0.2, -0.15) is 0 Å². The summed E-state index contributed by atoms with van der Waals surface area (Å²) in [5, 5.41) is 7.80. The molecule has 0 bridgehead atoms. The second kappa shape index (κ2) is 22.3. The maximum atomic E-state index is 6.46. The van der Waals surface area contributed by atoms with Gasteiger partial charge in [0.25, 0.3) is 0 Å². The van der Waals surface area contributed by atoms with Crippen molar-refractivity contribution in [2.24, 2.45) is 4.99 Å². The second-order valence-electron chi connectivity index (χ2n) is 10.5. The van der Waals surface area contributed by atoms with Gasteiger partial charge in [0.15, 0.2) is 0 Å². The number of hydrogen-bond acceptors (Lipinski definition) is 3. The Kier molecular flexibility index (Phi) is 18.1. The van der Waals surface area contributed by atoms with Gasteiger partial charge in [0.2, 0.25) is 0 Å². The third kappa shape index (κ3) is 11.2. The van der Waals surface area contributed by atoms with Crippen LogP contribution < -0.4 is 0 Å². The van der Waals surface area contributed by atoms with Crippen molar-refractivity contribution < 1.29 is 4.42 Å². The summed E-state index contributed by atoms with van der Waals surface area (Å²) in [4.78, 5) is 4.07. The molecule has 7 rings (SSSR count). The summed E-state index contributed by atoms with van der Waals surface area (Å²) >= 11 is 0. The Morgan fingerprint density at radius 2 is 1.21 bits per heavy atom. The minimum Gasteiger partial charge on any atom is -0.455 e. The molecule has 0 radical (unpaired) electrons. The molecular formula is C45H52N2O. The topological polar surface area (TPSA) is 49.4 Å². The fourth-order valence-electron chi connectivity index (χ4n) is 5.13. The van der Waals surface area contributed by atoms with Crippen LogP contribution in [0.4, 0.5) is 0 Å². The number of aliphatic imine (C=N–C) groups is 1. The molecule has 0 atom stereocenters. The normalized spacial score (nSPS) is 10.9. The zero-order chi connectivity index (χ0) is 35.1. The summed E-state index contributed by atoms with van der Waals surface area (Å²) in [6.07, 6.45) is 8.67. The first-order valence-corrected chi connectivity index (χ1v) is 16.8. The molecule has 1 N–H and O–H groups in total. The lowest BCUT2D eigenvalue weighted by Gasteiger charge is -2.12. The van der Waals surface area contributed by atoms with Gasteiger partial charge in [0.05, 0.1) is 6.54 Å². The summed E-state index contributed by atoms with van der Waals surface area (Å²) in [6, 6.07) is 41.9. The highest BCUT2D eigenvalue weighted by atomic mass is 16.3. The van der Waals surface area contributed by atoms with Gasteiger partial charge in [-0.25, -0.2) is 0 Å². The second-order valence-corrected chi connectivity index (χ2v) is 10.5. The number of nitrogens with zero attached hydrogens (tertiary/aromatic N) is 1. The Bertz CT molecular complexity index is 1800. The number of para-hydroxylation sites is 1. The molecule has 48 heavy (non-hydrogen) atoms. The maximum Gasteiger partial charge on any atom is 0.142 e. The Balaban J connectivity index is 0.000000328. The molecule has 3 nitrogen and oxygen atoms in total. The molecule has 1 aromatic heterocycles. The number of benzene rings is 5. The molecule has 0 saturated carbocycles. The Morgan fingerprint density at radius 3 is 1.69 bits per heavy atom. The van der Waals surface area contributed by atoms with Crippen molar-refractivity contribution in [3.05, 3.63) is 162 Å². The van der Waals surface area contributed by atoms with Crippen LogP contribution in [0.5, 0.6) is 0 Å². The van der Waals surface area contributed by atoms with E-state index in [-0.39, 0.29) is 0 Å². The smallest absolute Gasteiger partial charge is 0.142 e. The zero-order valence-electron chi connectivity index (χ0n) is 29.7. The predicted octanol–water partition coefficient (Wildman–Crippen LogP) is 13.5. The van der Waals surface area contributed by atoms with Crippen molar-refractivity contribution in [2.45, 2.75) is 60.9 Å². The number of hydrogen-bond donors (Lipinski definition) is 1. The number of fused-ring (bicyclic) bond motifs is 3. The largest absolute Gasteiger partial charge is 0.455 e. The molecule has 0 fully saturated rings. The number of furan rings is 1. The fourth-order valence-corrected chi connectivity index (χ4v) is 5.13. The summed E-state index contributed by atoms with van der Waals surface area (Å²) in [5.41, 5.74) is 10.6. The molecule has 0 saturated heterocycles. The van der Waals surface area contributed by atoms with Crippen molar-refractivity contribution in [3.8, 4) is 11.1 Å². The average Bonchev–Trinajstić information content (AvgIpc) is 3.55. The van der Waals surface area contributed by atoms with Crippen molar-refractivity contribution in [1.29, 1.82) is 5.41 Å². The van der Waals surface area contributed by atoms with E-state index in [9.17, 15) is 0 Å². The van der Waals surface area contributed by atoms with Crippen LogP contribution in [-0.2, 0) is 6.54 Å². The van der Waals surface area contributed by atoms with Crippen molar-refractivity contribution in [2.75, 3.05) is 0 Å². The molecule has 6 aromatic rings. The standard InChI is InChI=1S/C26H21NO.2C7H8.2C2H6.CH3N/c1-27-17-20-13-8-14-22-24-16-21(18-9-4-2-5-10-18)15-23(26(24)28-25(20)22)19-11-6-3-7-12-19;2*1-7-5-3-2-4-6-7;3*1-2/h2-6,8-11,13-16H,1,7,12,17H2;2*2-6H,1H3;2*1-2H3;2H,1H2. The van der Waals surface area contributed by atoms with Gasteiger partial charge in [0, 0.05) is 21.9 Å². The average molecular weight is 637 g/mol. The van der Waals surface area contributed by atoms with E-state index in [1.165, 1.54) is 33.4 Å². The first-order valence-electron chi connectivity index (χ1n) is 16.8. The highest BCUT2D eigenvalue weighted by Gasteiger charge is 2.18. The van der Waals surface area contributed by atoms with E-state index in [1.807, 2.05) is 64.1 Å². The van der Waals surface area contributed by atoms with Gasteiger partial charge in [-0.15, -0.1) is 0 Å². The number of allylic oxidation sites excluding steroid dienone is 4. The van der Waals surface area contributed by atoms with E-state index in [0.717, 1.165) is 40.3 Å². The van der Waals surface area contributed by atoms with Crippen LogP contribution in [0.3, 0.4) is 0 Å². The summed E-state index contributed by atoms with van der Waals surface area (Å²) < 4.78 is 6.46. The van der Waals surface area contributed by atoms with E-state index in [1.54, 1.807) is 0 Å².